The molecule has 1 aromatic heterocycles. The van der Waals surface area contributed by atoms with Crippen molar-refractivity contribution in [1.82, 2.24) is 5.32 Å². The first-order valence-corrected chi connectivity index (χ1v) is 5.68. The van der Waals surface area contributed by atoms with Gasteiger partial charge in [0.1, 0.15) is 6.10 Å². The van der Waals surface area contributed by atoms with Crippen LogP contribution in [0.15, 0.2) is 11.4 Å². The maximum atomic E-state index is 11.2. The van der Waals surface area contributed by atoms with E-state index >= 15 is 0 Å². The molecule has 0 bridgehead atoms. The van der Waals surface area contributed by atoms with Crippen molar-refractivity contribution in [2.75, 3.05) is 26.8 Å². The standard InChI is InChI=1S/C10H13NO3S/c1-13-10(12)7-4-9(15-6-7)8-5-11-2-3-14-8/h4,6,8,11H,2-3,5H2,1H3. The van der Waals surface area contributed by atoms with Crippen LogP contribution >= 0.6 is 11.3 Å². The lowest BCUT2D eigenvalue weighted by Crippen LogP contribution is -2.32. The molecule has 2 heterocycles. The molecule has 0 spiro atoms. The van der Waals surface area contributed by atoms with Gasteiger partial charge in [-0.05, 0) is 6.07 Å². The van der Waals surface area contributed by atoms with Crippen LogP contribution in [0.2, 0.25) is 0 Å². The second-order valence-electron chi connectivity index (χ2n) is 3.29. The average molecular weight is 227 g/mol. The highest BCUT2D eigenvalue weighted by Gasteiger charge is 2.19. The van der Waals surface area contributed by atoms with Gasteiger partial charge in [0.05, 0.1) is 19.3 Å². The smallest absolute Gasteiger partial charge is 0.338 e. The van der Waals surface area contributed by atoms with Gasteiger partial charge in [-0.15, -0.1) is 11.3 Å². The van der Waals surface area contributed by atoms with Crippen molar-refractivity contribution in [2.45, 2.75) is 6.10 Å². The Morgan fingerprint density at radius 3 is 3.27 bits per heavy atom. The van der Waals surface area contributed by atoms with Gasteiger partial charge in [0, 0.05) is 23.3 Å². The molecule has 1 aliphatic rings. The van der Waals surface area contributed by atoms with E-state index < -0.39 is 0 Å². The van der Waals surface area contributed by atoms with Gasteiger partial charge in [0.15, 0.2) is 0 Å². The molecule has 4 nitrogen and oxygen atoms in total. The summed E-state index contributed by atoms with van der Waals surface area (Å²) in [5.74, 6) is -0.290. The number of methoxy groups -OCH3 is 1. The van der Waals surface area contributed by atoms with Gasteiger partial charge in [0.2, 0.25) is 0 Å². The molecule has 1 atom stereocenters. The number of carbonyl (C=O) groups excluding carboxylic acids is 1. The lowest BCUT2D eigenvalue weighted by atomic mass is 10.2. The van der Waals surface area contributed by atoms with E-state index in [0.717, 1.165) is 24.6 Å². The average Bonchev–Trinajstić information content (AvgIpc) is 2.78. The Balaban J connectivity index is 2.08. The molecule has 1 aliphatic heterocycles. The molecule has 5 heteroatoms. The minimum Gasteiger partial charge on any atom is -0.465 e. The summed E-state index contributed by atoms with van der Waals surface area (Å²) in [5, 5.41) is 5.06. The topological polar surface area (TPSA) is 47.6 Å². The van der Waals surface area contributed by atoms with Gasteiger partial charge in [0.25, 0.3) is 0 Å². The summed E-state index contributed by atoms with van der Waals surface area (Å²) in [6.07, 6.45) is 0.0714. The van der Waals surface area contributed by atoms with Crippen molar-refractivity contribution < 1.29 is 14.3 Å². The van der Waals surface area contributed by atoms with Crippen molar-refractivity contribution in [1.29, 1.82) is 0 Å². The normalized spacial score (nSPS) is 21.3. The first-order chi connectivity index (χ1) is 7.31. The molecule has 0 amide bonds. The van der Waals surface area contributed by atoms with E-state index in [0.29, 0.717) is 5.56 Å². The Morgan fingerprint density at radius 1 is 1.73 bits per heavy atom. The van der Waals surface area contributed by atoms with E-state index in [1.54, 1.807) is 5.38 Å². The lowest BCUT2D eigenvalue weighted by Gasteiger charge is -2.22. The van der Waals surface area contributed by atoms with Crippen LogP contribution in [0.4, 0.5) is 0 Å². The van der Waals surface area contributed by atoms with Crippen LogP contribution in [0.1, 0.15) is 21.3 Å². The van der Waals surface area contributed by atoms with Crippen LogP contribution in [0.3, 0.4) is 0 Å². The molecule has 0 aromatic carbocycles. The predicted octanol–water partition coefficient (Wildman–Crippen LogP) is 1.20. The number of hydrogen-bond donors (Lipinski definition) is 1. The number of morpholine rings is 1. The number of rotatable bonds is 2. The Hall–Kier alpha value is -0.910. The van der Waals surface area contributed by atoms with Gasteiger partial charge in [-0.1, -0.05) is 0 Å². The maximum Gasteiger partial charge on any atom is 0.338 e. The minimum absolute atomic E-state index is 0.0714. The summed E-state index contributed by atoms with van der Waals surface area (Å²) in [6, 6.07) is 1.84. The summed E-state index contributed by atoms with van der Waals surface area (Å²) in [7, 11) is 1.39. The Kier molecular flexibility index (Phi) is 3.35. The van der Waals surface area contributed by atoms with Crippen LogP contribution in [-0.2, 0) is 9.47 Å². The first-order valence-electron chi connectivity index (χ1n) is 4.80. The SMILES string of the molecule is COC(=O)c1csc(C2CNCCO2)c1. The molecule has 1 unspecified atom stereocenters. The zero-order valence-electron chi connectivity index (χ0n) is 8.49. The first kappa shape index (κ1) is 10.6. The molecular formula is C10H13NO3S. The highest BCUT2D eigenvalue weighted by atomic mass is 32.1. The van der Waals surface area contributed by atoms with Gasteiger partial charge < -0.3 is 14.8 Å². The molecule has 0 saturated carbocycles. The van der Waals surface area contributed by atoms with Gasteiger partial charge in [-0.25, -0.2) is 4.79 Å². The zero-order valence-corrected chi connectivity index (χ0v) is 9.30. The van der Waals surface area contributed by atoms with Gasteiger partial charge in [-0.2, -0.15) is 0 Å². The van der Waals surface area contributed by atoms with Crippen LogP contribution in [0.25, 0.3) is 0 Å². The van der Waals surface area contributed by atoms with Crippen LogP contribution in [0.5, 0.6) is 0 Å². The van der Waals surface area contributed by atoms with E-state index in [9.17, 15) is 4.79 Å². The molecule has 1 fully saturated rings. The summed E-state index contributed by atoms with van der Waals surface area (Å²) in [6.45, 7) is 2.42. The van der Waals surface area contributed by atoms with Crippen molar-refractivity contribution in [3.05, 3.63) is 21.9 Å². The highest BCUT2D eigenvalue weighted by molar-refractivity contribution is 7.10. The molecular weight excluding hydrogens is 214 g/mol. The lowest BCUT2D eigenvalue weighted by molar-refractivity contribution is 0.0299. The largest absolute Gasteiger partial charge is 0.465 e. The van der Waals surface area contributed by atoms with Gasteiger partial charge >= 0.3 is 5.97 Å². The van der Waals surface area contributed by atoms with E-state index in [2.05, 4.69) is 10.1 Å². The second-order valence-corrected chi connectivity index (χ2v) is 4.24. The third-order valence-corrected chi connectivity index (χ3v) is 3.31. The second kappa shape index (κ2) is 4.74. The van der Waals surface area contributed by atoms with Gasteiger partial charge in [-0.3, -0.25) is 0 Å². The fourth-order valence-corrected chi connectivity index (χ4v) is 2.42. The third-order valence-electron chi connectivity index (χ3n) is 2.29. The summed E-state index contributed by atoms with van der Waals surface area (Å²) in [4.78, 5) is 12.3. The third kappa shape index (κ3) is 2.37. The van der Waals surface area contributed by atoms with Crippen molar-refractivity contribution in [3.8, 4) is 0 Å². The van der Waals surface area contributed by atoms with Crippen molar-refractivity contribution in [2.24, 2.45) is 0 Å². The summed E-state index contributed by atoms with van der Waals surface area (Å²) >= 11 is 1.53. The Bertz CT molecular complexity index is 344. The van der Waals surface area contributed by atoms with E-state index in [1.807, 2.05) is 6.07 Å². The molecule has 0 aliphatic carbocycles. The fourth-order valence-electron chi connectivity index (χ4n) is 1.49. The van der Waals surface area contributed by atoms with Crippen LogP contribution < -0.4 is 5.32 Å². The summed E-state index contributed by atoms with van der Waals surface area (Å²) in [5.41, 5.74) is 0.603. The fraction of sp³-hybridized carbons (Fsp3) is 0.500. The zero-order chi connectivity index (χ0) is 10.7. The molecule has 1 saturated heterocycles. The predicted molar refractivity (Wildman–Crippen MR) is 57.2 cm³/mol. The Labute approximate surface area is 92.2 Å². The molecule has 15 heavy (non-hydrogen) atoms. The number of hydrogen-bond acceptors (Lipinski definition) is 5. The molecule has 82 valence electrons. The van der Waals surface area contributed by atoms with Crippen LogP contribution in [-0.4, -0.2) is 32.8 Å². The monoisotopic (exact) mass is 227 g/mol. The quantitative estimate of drug-likeness (QED) is 0.771. The van der Waals surface area contributed by atoms with E-state index in [1.165, 1.54) is 18.4 Å². The Morgan fingerprint density at radius 2 is 2.60 bits per heavy atom. The van der Waals surface area contributed by atoms with E-state index in [4.69, 9.17) is 4.74 Å². The number of esters is 1. The molecule has 1 N–H and O–H groups in total. The molecule has 1 aromatic rings. The maximum absolute atomic E-state index is 11.2. The van der Waals surface area contributed by atoms with E-state index in [-0.39, 0.29) is 12.1 Å². The number of ether oxygens (including phenoxy) is 2. The number of nitrogens with one attached hydrogen (secondary N) is 1. The van der Waals surface area contributed by atoms with Crippen LogP contribution in [0, 0.1) is 0 Å². The van der Waals surface area contributed by atoms with Crippen molar-refractivity contribution in [3.63, 3.8) is 0 Å². The number of thiophene rings is 1. The minimum atomic E-state index is -0.290. The molecule has 0 radical (unpaired) electrons. The summed E-state index contributed by atoms with van der Waals surface area (Å²) < 4.78 is 10.2. The number of carbonyl (C=O) groups is 1. The molecule has 2 rings (SSSR count). The van der Waals surface area contributed by atoms with Crippen molar-refractivity contribution >= 4 is 17.3 Å². The highest BCUT2D eigenvalue weighted by Crippen LogP contribution is 2.26.